The molecule has 2 aromatic carbocycles. The average Bonchev–Trinajstić information content (AvgIpc) is 2.68. The van der Waals surface area contributed by atoms with Crippen LogP contribution in [0.5, 0.6) is 0 Å². The Morgan fingerprint density at radius 2 is 1.62 bits per heavy atom. The summed E-state index contributed by atoms with van der Waals surface area (Å²) in [7, 11) is -4.27. The van der Waals surface area contributed by atoms with Crippen LogP contribution in [0.25, 0.3) is 0 Å². The van der Waals surface area contributed by atoms with Crippen LogP contribution in [0, 0.1) is 13.8 Å². The molecule has 0 bridgehead atoms. The highest BCUT2D eigenvalue weighted by molar-refractivity contribution is 7.90. The van der Waals surface area contributed by atoms with Gasteiger partial charge in [-0.3, -0.25) is 0 Å². The highest BCUT2D eigenvalue weighted by Gasteiger charge is 2.27. The largest absolute Gasteiger partial charge is 0.354 e. The number of nitrogens with zero attached hydrogens (tertiary/aromatic N) is 1. The number of pyridine rings is 1. The van der Waals surface area contributed by atoms with Gasteiger partial charge in [-0.2, -0.15) is 0 Å². The SMILES string of the molecule is Cc1ccc(Nc2nccc(Nc3cccc(C)c3)c2S(=O)(=O)NC(=O)NC(C)C)cc1. The minimum absolute atomic E-state index is 0.0938. The molecule has 0 aliphatic heterocycles. The minimum atomic E-state index is -4.27. The van der Waals surface area contributed by atoms with Crippen LogP contribution in [0.4, 0.5) is 27.7 Å². The predicted molar refractivity (Wildman–Crippen MR) is 127 cm³/mol. The number of rotatable bonds is 7. The highest BCUT2D eigenvalue weighted by atomic mass is 32.2. The second kappa shape index (κ2) is 9.69. The number of amides is 2. The molecule has 1 heterocycles. The Bertz CT molecular complexity index is 1210. The summed E-state index contributed by atoms with van der Waals surface area (Å²) in [6.45, 7) is 7.38. The van der Waals surface area contributed by atoms with Gasteiger partial charge in [0.25, 0.3) is 10.0 Å². The van der Waals surface area contributed by atoms with Crippen molar-refractivity contribution in [2.45, 2.75) is 38.6 Å². The maximum atomic E-state index is 13.3. The molecular formula is C23H27N5O3S. The third-order valence-corrected chi connectivity index (χ3v) is 5.84. The van der Waals surface area contributed by atoms with Crippen molar-refractivity contribution in [3.63, 3.8) is 0 Å². The van der Waals surface area contributed by atoms with Crippen molar-refractivity contribution in [1.29, 1.82) is 0 Å². The zero-order valence-electron chi connectivity index (χ0n) is 18.4. The number of urea groups is 1. The molecule has 8 nitrogen and oxygen atoms in total. The molecule has 0 unspecified atom stereocenters. The number of anilines is 4. The molecule has 0 aliphatic carbocycles. The van der Waals surface area contributed by atoms with Gasteiger partial charge in [0, 0.05) is 23.6 Å². The summed E-state index contributed by atoms with van der Waals surface area (Å²) < 4.78 is 28.6. The van der Waals surface area contributed by atoms with E-state index in [0.29, 0.717) is 11.4 Å². The molecule has 9 heteroatoms. The van der Waals surface area contributed by atoms with Crippen LogP contribution in [0.2, 0.25) is 0 Å². The molecule has 2 amide bonds. The first-order chi connectivity index (χ1) is 15.1. The standard InChI is InChI=1S/C23H27N5O3S/c1-15(2)25-23(29)28-32(30,31)21-20(26-19-7-5-6-17(4)14-19)12-13-24-22(21)27-18-10-8-16(3)9-11-18/h5-15H,1-4H3,(H2,24,26,27)(H2,25,28,29). The van der Waals surface area contributed by atoms with Crippen molar-refractivity contribution in [2.24, 2.45) is 0 Å². The van der Waals surface area contributed by atoms with E-state index >= 15 is 0 Å². The molecule has 3 aromatic rings. The summed E-state index contributed by atoms with van der Waals surface area (Å²) in [5.74, 6) is 0.0938. The fourth-order valence-electron chi connectivity index (χ4n) is 3.02. The van der Waals surface area contributed by atoms with Gasteiger partial charge < -0.3 is 16.0 Å². The fourth-order valence-corrected chi connectivity index (χ4v) is 4.20. The van der Waals surface area contributed by atoms with Crippen molar-refractivity contribution in [1.82, 2.24) is 15.0 Å². The first-order valence-electron chi connectivity index (χ1n) is 10.1. The van der Waals surface area contributed by atoms with Crippen molar-refractivity contribution >= 4 is 38.9 Å². The average molecular weight is 454 g/mol. The highest BCUT2D eigenvalue weighted by Crippen LogP contribution is 2.32. The van der Waals surface area contributed by atoms with Gasteiger partial charge in [0.15, 0.2) is 10.7 Å². The Kier molecular flexibility index (Phi) is 6.99. The van der Waals surface area contributed by atoms with Gasteiger partial charge >= 0.3 is 6.03 Å². The predicted octanol–water partition coefficient (Wildman–Crippen LogP) is 4.58. The lowest BCUT2D eigenvalue weighted by Gasteiger charge is -2.18. The topological polar surface area (TPSA) is 112 Å². The van der Waals surface area contributed by atoms with E-state index < -0.39 is 16.1 Å². The second-order valence-electron chi connectivity index (χ2n) is 7.76. The Hall–Kier alpha value is -3.59. The van der Waals surface area contributed by atoms with Gasteiger partial charge in [0.2, 0.25) is 0 Å². The number of aromatic nitrogens is 1. The van der Waals surface area contributed by atoms with Crippen molar-refractivity contribution in [3.05, 3.63) is 71.9 Å². The van der Waals surface area contributed by atoms with E-state index in [1.165, 1.54) is 6.20 Å². The van der Waals surface area contributed by atoms with E-state index in [1.807, 2.05) is 62.4 Å². The molecule has 1 aromatic heterocycles. The van der Waals surface area contributed by atoms with E-state index in [-0.39, 0.29) is 22.4 Å². The summed E-state index contributed by atoms with van der Waals surface area (Å²) in [6, 6.07) is 15.5. The molecular weight excluding hydrogens is 426 g/mol. The zero-order valence-corrected chi connectivity index (χ0v) is 19.2. The van der Waals surface area contributed by atoms with Gasteiger partial charge in [-0.15, -0.1) is 0 Å². The fraction of sp³-hybridized carbons (Fsp3) is 0.217. The number of sulfonamides is 1. The Morgan fingerprint density at radius 3 is 2.28 bits per heavy atom. The Morgan fingerprint density at radius 1 is 0.906 bits per heavy atom. The van der Waals surface area contributed by atoms with E-state index in [2.05, 4.69) is 25.7 Å². The minimum Gasteiger partial charge on any atom is -0.354 e. The van der Waals surface area contributed by atoms with Crippen LogP contribution in [0.3, 0.4) is 0 Å². The first-order valence-corrected chi connectivity index (χ1v) is 11.6. The maximum absolute atomic E-state index is 13.3. The van der Waals surface area contributed by atoms with E-state index in [9.17, 15) is 13.2 Å². The van der Waals surface area contributed by atoms with E-state index in [0.717, 1.165) is 11.1 Å². The summed E-state index contributed by atoms with van der Waals surface area (Å²) in [4.78, 5) is 16.3. The van der Waals surface area contributed by atoms with Crippen molar-refractivity contribution in [2.75, 3.05) is 10.6 Å². The normalized spacial score (nSPS) is 11.2. The maximum Gasteiger partial charge on any atom is 0.328 e. The number of carbonyl (C=O) groups is 1. The molecule has 0 saturated carbocycles. The molecule has 3 rings (SSSR count). The lowest BCUT2D eigenvalue weighted by molar-refractivity contribution is 0.243. The summed E-state index contributed by atoms with van der Waals surface area (Å²) in [5.41, 5.74) is 3.74. The number of hydrogen-bond donors (Lipinski definition) is 4. The van der Waals surface area contributed by atoms with Crippen LogP contribution < -0.4 is 20.7 Å². The summed E-state index contributed by atoms with van der Waals surface area (Å²) in [5, 5.41) is 8.72. The van der Waals surface area contributed by atoms with Gasteiger partial charge in [0.05, 0.1) is 5.69 Å². The Labute approximate surface area is 188 Å². The molecule has 32 heavy (non-hydrogen) atoms. The number of carbonyl (C=O) groups excluding carboxylic acids is 1. The molecule has 0 saturated heterocycles. The van der Waals surface area contributed by atoms with Gasteiger partial charge in [-0.05, 0) is 63.6 Å². The smallest absolute Gasteiger partial charge is 0.328 e. The van der Waals surface area contributed by atoms with E-state index in [4.69, 9.17) is 0 Å². The lowest BCUT2D eigenvalue weighted by atomic mass is 10.2. The quantitative estimate of drug-likeness (QED) is 0.417. The van der Waals surface area contributed by atoms with Crippen LogP contribution in [0.15, 0.2) is 65.7 Å². The van der Waals surface area contributed by atoms with Crippen LogP contribution in [0.1, 0.15) is 25.0 Å². The number of nitrogens with one attached hydrogen (secondary N) is 4. The first kappa shape index (κ1) is 23.1. The molecule has 0 spiro atoms. The summed E-state index contributed by atoms with van der Waals surface area (Å²) >= 11 is 0. The van der Waals surface area contributed by atoms with E-state index in [1.54, 1.807) is 19.9 Å². The molecule has 0 fully saturated rings. The third kappa shape index (κ3) is 5.98. The summed E-state index contributed by atoms with van der Waals surface area (Å²) in [6.07, 6.45) is 1.50. The van der Waals surface area contributed by atoms with Crippen molar-refractivity contribution in [3.8, 4) is 0 Å². The molecule has 4 N–H and O–H groups in total. The monoisotopic (exact) mass is 453 g/mol. The molecule has 168 valence electrons. The van der Waals surface area contributed by atoms with Gasteiger partial charge in [0.1, 0.15) is 0 Å². The van der Waals surface area contributed by atoms with Crippen LogP contribution >= 0.6 is 0 Å². The van der Waals surface area contributed by atoms with Crippen LogP contribution in [-0.4, -0.2) is 25.5 Å². The van der Waals surface area contributed by atoms with Crippen molar-refractivity contribution < 1.29 is 13.2 Å². The van der Waals surface area contributed by atoms with Crippen LogP contribution in [-0.2, 0) is 10.0 Å². The van der Waals surface area contributed by atoms with Gasteiger partial charge in [-0.25, -0.2) is 22.9 Å². The lowest BCUT2D eigenvalue weighted by Crippen LogP contribution is -2.42. The Balaban J connectivity index is 2.06. The second-order valence-corrected chi connectivity index (χ2v) is 9.37. The molecule has 0 radical (unpaired) electrons. The third-order valence-electron chi connectivity index (χ3n) is 4.43. The number of benzene rings is 2. The number of aryl methyl sites for hydroxylation is 2. The number of hydrogen-bond acceptors (Lipinski definition) is 6. The van der Waals surface area contributed by atoms with Gasteiger partial charge in [-0.1, -0.05) is 29.8 Å². The molecule has 0 atom stereocenters. The zero-order chi connectivity index (χ0) is 23.3. The molecule has 0 aliphatic rings.